The first-order chi connectivity index (χ1) is 38.3. The topological polar surface area (TPSA) is 228 Å². The van der Waals surface area contributed by atoms with Gasteiger partial charge < -0.3 is 49.6 Å². The molecule has 4 saturated heterocycles. The summed E-state index contributed by atoms with van der Waals surface area (Å²) >= 11 is 2.18. The summed E-state index contributed by atoms with van der Waals surface area (Å²) in [6.07, 6.45) is 2.07. The van der Waals surface area contributed by atoms with Gasteiger partial charge in [0.15, 0.2) is 0 Å². The first-order valence-electron chi connectivity index (χ1n) is 26.4. The lowest BCUT2D eigenvalue weighted by atomic mass is 9.65. The number of fused-ring (bicyclic) bond motifs is 4. The molecule has 79 heavy (non-hydrogen) atoms. The van der Waals surface area contributed by atoms with E-state index in [1.54, 1.807) is 54.6 Å². The van der Waals surface area contributed by atoms with Crippen LogP contribution >= 0.6 is 22.6 Å². The summed E-state index contributed by atoms with van der Waals surface area (Å²) in [6, 6.07) is 32.7. The minimum Gasteiger partial charge on any atom is -0.491 e. The number of hydrogen-bond acceptors (Lipinski definition) is 14. The molecule has 19 heteroatoms. The lowest BCUT2D eigenvalue weighted by Crippen LogP contribution is -2.61. The number of cyclic esters (lactones) is 1. The van der Waals surface area contributed by atoms with Gasteiger partial charge in [-0.3, -0.25) is 38.5 Å². The van der Waals surface area contributed by atoms with Gasteiger partial charge in [0.05, 0.1) is 30.7 Å². The van der Waals surface area contributed by atoms with Crippen molar-refractivity contribution in [3.8, 4) is 11.5 Å². The molecule has 0 bridgehead atoms. The zero-order valence-corrected chi connectivity index (χ0v) is 45.5. The van der Waals surface area contributed by atoms with Crippen LogP contribution in [0.1, 0.15) is 84.7 Å². The molecule has 0 saturated carbocycles. The van der Waals surface area contributed by atoms with E-state index in [-0.39, 0.29) is 57.2 Å². The molecule has 0 radical (unpaired) electrons. The van der Waals surface area contributed by atoms with Gasteiger partial charge in [-0.2, -0.15) is 0 Å². The highest BCUT2D eigenvalue weighted by Gasteiger charge is 2.74. The van der Waals surface area contributed by atoms with Crippen molar-refractivity contribution >= 4 is 69.8 Å². The predicted molar refractivity (Wildman–Crippen MR) is 295 cm³/mol. The number of anilines is 1. The molecule has 4 fully saturated rings. The van der Waals surface area contributed by atoms with Crippen molar-refractivity contribution < 1.29 is 62.4 Å². The van der Waals surface area contributed by atoms with E-state index in [1.807, 2.05) is 77.7 Å². The van der Waals surface area contributed by atoms with Crippen molar-refractivity contribution in [1.29, 1.82) is 0 Å². The van der Waals surface area contributed by atoms with Crippen molar-refractivity contribution in [3.63, 3.8) is 0 Å². The van der Waals surface area contributed by atoms with E-state index in [4.69, 9.17) is 23.7 Å². The number of hydrogen-bond donors (Lipinski definition) is 4. The van der Waals surface area contributed by atoms with Crippen LogP contribution in [0.4, 0.5) is 5.69 Å². The minimum absolute atomic E-state index is 0.00430. The van der Waals surface area contributed by atoms with Crippen LogP contribution in [-0.2, 0) is 53.2 Å². The number of unbranched alkanes of at least 4 members (excludes halogenated alkanes) is 1. The zero-order valence-electron chi connectivity index (χ0n) is 43.3. The average molecular weight is 1190 g/mol. The molecule has 4 N–H and O–H groups in total. The fraction of sp³-hybridized carbons (Fsp3) is 0.350. The van der Waals surface area contributed by atoms with Crippen LogP contribution in [0.2, 0.25) is 0 Å². The summed E-state index contributed by atoms with van der Waals surface area (Å²) in [5.74, 6) is -4.97. The van der Waals surface area contributed by atoms with E-state index in [0.29, 0.717) is 59.7 Å². The molecule has 18 nitrogen and oxygen atoms in total. The molecule has 1 spiro atoms. The van der Waals surface area contributed by atoms with Crippen molar-refractivity contribution in [2.24, 2.45) is 11.8 Å². The number of nitrogens with one attached hydrogen (secondary N) is 3. The molecular formula is C60H60IN5O13. The number of carbonyl (C=O) groups is 7. The Labute approximate surface area is 470 Å². The first-order valence-corrected chi connectivity index (χ1v) is 27.5. The number of amides is 4. The van der Waals surface area contributed by atoms with Crippen molar-refractivity contribution in [2.45, 2.75) is 80.4 Å². The zero-order chi connectivity index (χ0) is 55.4. The second-order valence-corrected chi connectivity index (χ2v) is 21.4. The molecule has 10 atom stereocenters. The van der Waals surface area contributed by atoms with Crippen LogP contribution < -0.4 is 25.4 Å². The molecule has 0 aliphatic carbocycles. The molecule has 4 amide bonds. The minimum atomic E-state index is -1.73. The summed E-state index contributed by atoms with van der Waals surface area (Å²) in [7, 11) is 0. The largest absolute Gasteiger partial charge is 0.491 e. The summed E-state index contributed by atoms with van der Waals surface area (Å²) in [5, 5.41) is 18.1. The van der Waals surface area contributed by atoms with Gasteiger partial charge in [-0.05, 0) is 119 Å². The van der Waals surface area contributed by atoms with E-state index < -0.39 is 83.4 Å². The SMILES string of the molecule is C=CCOC(=O)[C@@H]1[C@H]2C(=O)O[C@H](c3ccccc3)[C@H](c3ccccc3)N2[C@H](c2ccc(OCCOC(=O)[C@@H]3C[C@@H]4C(=O)N[C@@H](CCCCNC(C)=O)C(=O)N4[C@@H]3c3cccc(OCCO)c3)cc2)[C@@]12C(=O)Nc1ccc(I)cc12. The van der Waals surface area contributed by atoms with Gasteiger partial charge in [0, 0.05) is 22.7 Å². The van der Waals surface area contributed by atoms with E-state index in [9.17, 15) is 33.9 Å². The van der Waals surface area contributed by atoms with E-state index >= 15 is 4.79 Å². The van der Waals surface area contributed by atoms with Gasteiger partial charge in [-0.25, -0.2) is 0 Å². The number of benzene rings is 5. The van der Waals surface area contributed by atoms with Crippen molar-refractivity contribution in [2.75, 3.05) is 44.9 Å². The summed E-state index contributed by atoms with van der Waals surface area (Å²) in [4.78, 5) is 102. The smallest absolute Gasteiger partial charge is 0.325 e. The van der Waals surface area contributed by atoms with Gasteiger partial charge in [0.2, 0.25) is 23.6 Å². The van der Waals surface area contributed by atoms with Gasteiger partial charge in [-0.15, -0.1) is 0 Å². The van der Waals surface area contributed by atoms with E-state index in [1.165, 1.54) is 17.9 Å². The molecule has 10 rings (SSSR count). The molecule has 410 valence electrons. The van der Waals surface area contributed by atoms with Gasteiger partial charge in [0.1, 0.15) is 73.5 Å². The van der Waals surface area contributed by atoms with Crippen LogP contribution in [0.5, 0.6) is 11.5 Å². The number of morpholine rings is 1. The Balaban J connectivity index is 0.932. The lowest BCUT2D eigenvalue weighted by Gasteiger charge is -2.46. The second kappa shape index (κ2) is 23.8. The van der Waals surface area contributed by atoms with Crippen LogP contribution in [0.15, 0.2) is 140 Å². The third-order valence-corrected chi connectivity index (χ3v) is 16.2. The number of rotatable bonds is 20. The maximum Gasteiger partial charge on any atom is 0.325 e. The van der Waals surface area contributed by atoms with Crippen molar-refractivity contribution in [1.82, 2.24) is 20.4 Å². The maximum atomic E-state index is 15.3. The van der Waals surface area contributed by atoms with Crippen molar-refractivity contribution in [3.05, 3.63) is 171 Å². The number of ether oxygens (including phenoxy) is 5. The molecule has 0 aromatic heterocycles. The molecule has 5 aliphatic rings. The van der Waals surface area contributed by atoms with Crippen LogP contribution in [0, 0.1) is 15.4 Å². The first kappa shape index (κ1) is 54.7. The van der Waals surface area contributed by atoms with Crippen LogP contribution in [0.3, 0.4) is 0 Å². The highest BCUT2D eigenvalue weighted by atomic mass is 127. The van der Waals surface area contributed by atoms with Gasteiger partial charge >= 0.3 is 17.9 Å². The van der Waals surface area contributed by atoms with E-state index in [2.05, 4.69) is 45.1 Å². The second-order valence-electron chi connectivity index (χ2n) is 20.1. The Kier molecular flexibility index (Phi) is 16.5. The number of carbonyl (C=O) groups excluding carboxylic acids is 7. The Morgan fingerprint density at radius 1 is 0.785 bits per heavy atom. The summed E-state index contributed by atoms with van der Waals surface area (Å²) in [5.41, 5.74) is 1.96. The fourth-order valence-corrected chi connectivity index (χ4v) is 12.8. The monoisotopic (exact) mass is 1190 g/mol. The molecule has 0 unspecified atom stereocenters. The van der Waals surface area contributed by atoms with E-state index in [0.717, 1.165) is 14.7 Å². The fourth-order valence-electron chi connectivity index (χ4n) is 12.3. The molecular weight excluding hydrogens is 1130 g/mol. The lowest BCUT2D eigenvalue weighted by molar-refractivity contribution is -0.180. The normalized spacial score (nSPS) is 25.8. The summed E-state index contributed by atoms with van der Waals surface area (Å²) < 4.78 is 30.9. The number of nitrogens with zero attached hydrogens (tertiary/aromatic N) is 2. The standard InChI is InChI=1S/C60H60IN5O13/c1-3-28-77-57(72)48-51-58(73)79-52(37-15-8-5-9-16-37)50(36-13-6-4-7-14-36)66(51)53(60(48)44-33-40(61)22-25-45(44)64-59(60)74)38-20-23-41(24-21-38)76-30-31-78-56(71)43-34-47-54(69)63-46(19-10-11-26-62-35(2)68)55(70)65(47)49(43)39-17-12-18-42(32-39)75-29-27-67/h3-9,12-18,20-25,32-33,43,46-53,67H,1,10-11,19,26-31,34H2,2H3,(H,62,68)(H,63,69)(H,64,74)/t43-,46+,47-,48+,49-,50+,51+,52-,53-,60+/m1/s1. The number of aliphatic hydroxyl groups excluding tert-OH is 1. The van der Waals surface area contributed by atoms with Gasteiger partial charge in [0.25, 0.3) is 0 Å². The number of esters is 3. The third-order valence-electron chi connectivity index (χ3n) is 15.5. The summed E-state index contributed by atoms with van der Waals surface area (Å²) in [6.45, 7) is 4.96. The molecule has 5 heterocycles. The number of halogens is 1. The average Bonchev–Trinajstić information content (AvgIpc) is 2.54. The highest BCUT2D eigenvalue weighted by Crippen LogP contribution is 2.65. The van der Waals surface area contributed by atoms with Crippen LogP contribution in [-0.4, -0.2) is 114 Å². The molecule has 5 aliphatic heterocycles. The number of aliphatic hydroxyl groups is 1. The van der Waals surface area contributed by atoms with Gasteiger partial charge in [-0.1, -0.05) is 97.6 Å². The Morgan fingerprint density at radius 2 is 1.51 bits per heavy atom. The predicted octanol–water partition coefficient (Wildman–Crippen LogP) is 6.35. The number of piperazine rings is 1. The Bertz CT molecular complexity index is 3130. The Morgan fingerprint density at radius 3 is 2.23 bits per heavy atom. The Hall–Kier alpha value is -7.62. The maximum absolute atomic E-state index is 15.3. The molecule has 5 aromatic carbocycles. The highest BCUT2D eigenvalue weighted by molar-refractivity contribution is 14.1. The quantitative estimate of drug-likeness (QED) is 0.0219. The molecule has 5 aromatic rings. The third kappa shape index (κ3) is 10.6. The van der Waals surface area contributed by atoms with Crippen LogP contribution in [0.25, 0.3) is 0 Å².